The molecule has 1 heterocycles. The predicted molar refractivity (Wildman–Crippen MR) is 85.9 cm³/mol. The van der Waals surface area contributed by atoms with Crippen LogP contribution in [0.5, 0.6) is 5.75 Å². The fraction of sp³-hybridized carbons (Fsp3) is 0.211. The minimum atomic E-state index is 0.523. The van der Waals surface area contributed by atoms with Crippen molar-refractivity contribution in [1.29, 1.82) is 0 Å². The van der Waals surface area contributed by atoms with Gasteiger partial charge in [-0.1, -0.05) is 35.5 Å². The minimum absolute atomic E-state index is 0.523. The molecule has 0 N–H and O–H groups in total. The molecule has 1 aromatic heterocycles. The molecule has 1 aliphatic carbocycles. The summed E-state index contributed by atoms with van der Waals surface area (Å²) in [5, 5.41) is 4.36. The summed E-state index contributed by atoms with van der Waals surface area (Å²) in [7, 11) is 1.67. The highest BCUT2D eigenvalue weighted by Crippen LogP contribution is 2.47. The van der Waals surface area contributed by atoms with Crippen molar-refractivity contribution < 1.29 is 9.26 Å². The van der Waals surface area contributed by atoms with Crippen LogP contribution in [0.2, 0.25) is 0 Å². The van der Waals surface area contributed by atoms with Gasteiger partial charge in [0, 0.05) is 11.5 Å². The maximum atomic E-state index is 5.70. The fourth-order valence-electron chi connectivity index (χ4n) is 2.76. The molecular weight excluding hydrogens is 274 g/mol. The Hall–Kier alpha value is -2.55. The second-order valence-electron chi connectivity index (χ2n) is 5.64. The number of benzene rings is 2. The van der Waals surface area contributed by atoms with E-state index in [4.69, 9.17) is 9.26 Å². The van der Waals surface area contributed by atoms with E-state index in [1.54, 1.807) is 7.11 Å². The van der Waals surface area contributed by atoms with Gasteiger partial charge in [-0.25, -0.2) is 0 Å². The van der Waals surface area contributed by atoms with Crippen molar-refractivity contribution in [1.82, 2.24) is 5.16 Å². The van der Waals surface area contributed by atoms with Gasteiger partial charge in [-0.3, -0.25) is 0 Å². The number of hydrogen-bond acceptors (Lipinski definition) is 3. The lowest BCUT2D eigenvalue weighted by Gasteiger charge is -2.05. The van der Waals surface area contributed by atoms with Crippen molar-refractivity contribution in [2.45, 2.75) is 18.8 Å². The van der Waals surface area contributed by atoms with Crippen molar-refractivity contribution in [3.63, 3.8) is 0 Å². The third-order valence-electron chi connectivity index (χ3n) is 4.09. The number of methoxy groups -OCH3 is 1. The first-order valence-electron chi connectivity index (χ1n) is 7.56. The summed E-state index contributed by atoms with van der Waals surface area (Å²) in [4.78, 5) is 0. The molecule has 110 valence electrons. The summed E-state index contributed by atoms with van der Waals surface area (Å²) < 4.78 is 10.9. The number of nitrogens with zero attached hydrogens (tertiary/aromatic N) is 1. The molecule has 3 heteroatoms. The van der Waals surface area contributed by atoms with Crippen LogP contribution in [0.3, 0.4) is 0 Å². The van der Waals surface area contributed by atoms with E-state index in [9.17, 15) is 0 Å². The molecule has 3 nitrogen and oxygen atoms in total. The van der Waals surface area contributed by atoms with Crippen molar-refractivity contribution >= 4 is 0 Å². The van der Waals surface area contributed by atoms with E-state index >= 15 is 0 Å². The Balaban J connectivity index is 1.85. The highest BCUT2D eigenvalue weighted by Gasteiger charge is 2.33. The first kappa shape index (κ1) is 13.1. The Morgan fingerprint density at radius 2 is 1.68 bits per heavy atom. The van der Waals surface area contributed by atoms with Crippen LogP contribution in [0.15, 0.2) is 59.1 Å². The first-order valence-corrected chi connectivity index (χ1v) is 7.56. The zero-order valence-corrected chi connectivity index (χ0v) is 12.5. The number of rotatable bonds is 4. The molecule has 2 aromatic carbocycles. The molecule has 0 atom stereocenters. The van der Waals surface area contributed by atoms with Crippen LogP contribution in [-0.2, 0) is 0 Å². The van der Waals surface area contributed by atoms with E-state index in [2.05, 4.69) is 29.4 Å². The van der Waals surface area contributed by atoms with Gasteiger partial charge in [-0.15, -0.1) is 0 Å². The first-order chi connectivity index (χ1) is 10.9. The van der Waals surface area contributed by atoms with Crippen LogP contribution < -0.4 is 4.74 Å². The van der Waals surface area contributed by atoms with Gasteiger partial charge in [0.15, 0.2) is 0 Å². The average Bonchev–Trinajstić information content (AvgIpc) is 3.34. The maximum Gasteiger partial charge on any atom is 0.148 e. The molecule has 22 heavy (non-hydrogen) atoms. The second kappa shape index (κ2) is 5.34. The summed E-state index contributed by atoms with van der Waals surface area (Å²) in [6.07, 6.45) is 2.38. The third kappa shape index (κ3) is 2.29. The van der Waals surface area contributed by atoms with Crippen molar-refractivity contribution in [3.05, 3.63) is 60.4 Å². The molecule has 0 spiro atoms. The monoisotopic (exact) mass is 291 g/mol. The third-order valence-corrected chi connectivity index (χ3v) is 4.09. The summed E-state index contributed by atoms with van der Waals surface area (Å²) in [6, 6.07) is 18.3. The zero-order valence-electron chi connectivity index (χ0n) is 12.5. The molecular formula is C19H17NO2. The molecule has 1 saturated carbocycles. The second-order valence-corrected chi connectivity index (χ2v) is 5.64. The van der Waals surface area contributed by atoms with Crippen LogP contribution >= 0.6 is 0 Å². The molecule has 0 unspecified atom stereocenters. The molecule has 0 amide bonds. The van der Waals surface area contributed by atoms with Crippen LogP contribution in [0.4, 0.5) is 0 Å². The lowest BCUT2D eigenvalue weighted by atomic mass is 9.97. The Labute approximate surface area is 129 Å². The quantitative estimate of drug-likeness (QED) is 0.686. The Bertz CT molecular complexity index is 771. The SMILES string of the molecule is COc1ccc(-c2noc(C3CC3)c2-c2ccccc2)cc1. The van der Waals surface area contributed by atoms with E-state index in [0.717, 1.165) is 33.9 Å². The van der Waals surface area contributed by atoms with Gasteiger partial charge in [0.05, 0.1) is 12.7 Å². The molecule has 3 aromatic rings. The van der Waals surface area contributed by atoms with Crippen molar-refractivity contribution in [3.8, 4) is 28.1 Å². The van der Waals surface area contributed by atoms with E-state index in [-0.39, 0.29) is 0 Å². The molecule has 0 bridgehead atoms. The lowest BCUT2D eigenvalue weighted by molar-refractivity contribution is 0.387. The average molecular weight is 291 g/mol. The summed E-state index contributed by atoms with van der Waals surface area (Å²) >= 11 is 0. The maximum absolute atomic E-state index is 5.70. The van der Waals surface area contributed by atoms with Gasteiger partial charge in [0.25, 0.3) is 0 Å². The number of ether oxygens (including phenoxy) is 1. The molecule has 1 aliphatic rings. The fourth-order valence-corrected chi connectivity index (χ4v) is 2.76. The molecule has 0 radical (unpaired) electrons. The molecule has 0 aliphatic heterocycles. The molecule has 4 rings (SSSR count). The van der Waals surface area contributed by atoms with Gasteiger partial charge < -0.3 is 9.26 Å². The summed E-state index contributed by atoms with van der Waals surface area (Å²) in [6.45, 7) is 0. The lowest BCUT2D eigenvalue weighted by Crippen LogP contribution is -1.87. The summed E-state index contributed by atoms with van der Waals surface area (Å²) in [5.41, 5.74) is 4.26. The predicted octanol–water partition coefficient (Wildman–Crippen LogP) is 4.89. The molecule has 1 fully saturated rings. The van der Waals surface area contributed by atoms with Gasteiger partial charge in [-0.05, 0) is 42.7 Å². The van der Waals surface area contributed by atoms with Gasteiger partial charge in [0.2, 0.25) is 0 Å². The minimum Gasteiger partial charge on any atom is -0.497 e. The largest absolute Gasteiger partial charge is 0.497 e. The van der Waals surface area contributed by atoms with Crippen LogP contribution in [-0.4, -0.2) is 12.3 Å². The summed E-state index contributed by atoms with van der Waals surface area (Å²) in [5.74, 6) is 2.39. The van der Waals surface area contributed by atoms with Gasteiger partial charge in [-0.2, -0.15) is 0 Å². The Morgan fingerprint density at radius 3 is 2.32 bits per heavy atom. The Morgan fingerprint density at radius 1 is 0.955 bits per heavy atom. The van der Waals surface area contributed by atoms with Crippen molar-refractivity contribution in [2.24, 2.45) is 0 Å². The highest BCUT2D eigenvalue weighted by atomic mass is 16.5. The van der Waals surface area contributed by atoms with Crippen molar-refractivity contribution in [2.75, 3.05) is 7.11 Å². The smallest absolute Gasteiger partial charge is 0.148 e. The van der Waals surface area contributed by atoms with Crippen LogP contribution in [0, 0.1) is 0 Å². The zero-order chi connectivity index (χ0) is 14.9. The number of aromatic nitrogens is 1. The van der Waals surface area contributed by atoms with Gasteiger partial charge in [0.1, 0.15) is 17.2 Å². The van der Waals surface area contributed by atoms with Crippen LogP contribution in [0.25, 0.3) is 22.4 Å². The van der Waals surface area contributed by atoms with Crippen LogP contribution in [0.1, 0.15) is 24.5 Å². The van der Waals surface area contributed by atoms with E-state index in [1.807, 2.05) is 30.3 Å². The van der Waals surface area contributed by atoms with E-state index in [0.29, 0.717) is 5.92 Å². The van der Waals surface area contributed by atoms with E-state index in [1.165, 1.54) is 12.8 Å². The topological polar surface area (TPSA) is 35.3 Å². The Kier molecular flexibility index (Phi) is 3.19. The normalized spacial score (nSPS) is 14.0. The highest BCUT2D eigenvalue weighted by molar-refractivity contribution is 5.82. The van der Waals surface area contributed by atoms with Gasteiger partial charge >= 0.3 is 0 Å². The molecule has 0 saturated heterocycles. The standard InChI is InChI=1S/C19H17NO2/c1-21-16-11-9-14(10-12-16)18-17(13-5-3-2-4-6-13)19(22-20-18)15-7-8-15/h2-6,9-12,15H,7-8H2,1H3. The number of hydrogen-bond donors (Lipinski definition) is 0. The van der Waals surface area contributed by atoms with E-state index < -0.39 is 0 Å².